The van der Waals surface area contributed by atoms with Gasteiger partial charge in [-0.1, -0.05) is 80.0 Å². The Bertz CT molecular complexity index is 1140. The maximum absolute atomic E-state index is 13.7. The normalized spacial score (nSPS) is 14.7. The molecule has 2 amide bonds. The summed E-state index contributed by atoms with van der Waals surface area (Å²) in [4.78, 5) is 28.5. The van der Waals surface area contributed by atoms with E-state index in [0.717, 1.165) is 49.0 Å². The summed E-state index contributed by atoms with van der Waals surface area (Å²) in [7, 11) is 1.62. The lowest BCUT2D eigenvalue weighted by molar-refractivity contribution is -0.136. The van der Waals surface area contributed by atoms with Gasteiger partial charge in [0.15, 0.2) is 0 Å². The van der Waals surface area contributed by atoms with E-state index >= 15 is 0 Å². The highest BCUT2D eigenvalue weighted by atomic mass is 32.1. The quantitative estimate of drug-likeness (QED) is 0.370. The number of anilines is 1. The van der Waals surface area contributed by atoms with Crippen LogP contribution in [0.5, 0.6) is 5.75 Å². The fourth-order valence-electron chi connectivity index (χ4n) is 4.85. The molecule has 1 saturated carbocycles. The van der Waals surface area contributed by atoms with Gasteiger partial charge in [-0.15, -0.1) is 10.2 Å². The first-order valence-electron chi connectivity index (χ1n) is 12.7. The van der Waals surface area contributed by atoms with Gasteiger partial charge in [0, 0.05) is 24.6 Å². The maximum atomic E-state index is 13.7. The summed E-state index contributed by atoms with van der Waals surface area (Å²) in [6.45, 7) is 2.46. The van der Waals surface area contributed by atoms with Crippen LogP contribution < -0.4 is 10.1 Å². The number of hydrogen-bond donors (Lipinski definition) is 1. The molecule has 0 aliphatic heterocycles. The Kier molecular flexibility index (Phi) is 9.06. The van der Waals surface area contributed by atoms with E-state index in [1.807, 2.05) is 59.5 Å². The molecule has 36 heavy (non-hydrogen) atoms. The zero-order chi connectivity index (χ0) is 25.3. The van der Waals surface area contributed by atoms with E-state index < -0.39 is 0 Å². The number of rotatable bonds is 10. The number of ether oxygens (including phenoxy) is 1. The molecular formula is C28H34N4O3S. The van der Waals surface area contributed by atoms with Crippen LogP contribution in [0.4, 0.5) is 5.13 Å². The standard InChI is InChI=1S/C28H34N4O3S/c1-3-24(20-11-6-4-7-12-20)27(34)32(22-14-8-5-9-15-22)18-17-25(33)29-28-31-30-26(36-28)21-13-10-16-23(19-21)35-2/h4,6-7,10-13,16,19,22,24H,3,5,8-9,14-15,17-18H2,1-2H3,(H,29,31,33)/t24-/m0/s1. The van der Waals surface area contributed by atoms with Crippen molar-refractivity contribution in [3.63, 3.8) is 0 Å². The zero-order valence-electron chi connectivity index (χ0n) is 21.0. The highest BCUT2D eigenvalue weighted by Crippen LogP contribution is 2.30. The topological polar surface area (TPSA) is 84.4 Å². The van der Waals surface area contributed by atoms with Gasteiger partial charge >= 0.3 is 0 Å². The van der Waals surface area contributed by atoms with E-state index in [2.05, 4.69) is 22.4 Å². The number of carbonyl (C=O) groups is 2. The first-order valence-corrected chi connectivity index (χ1v) is 13.5. The monoisotopic (exact) mass is 506 g/mol. The first kappa shape index (κ1) is 25.8. The van der Waals surface area contributed by atoms with E-state index in [4.69, 9.17) is 4.74 Å². The summed E-state index contributed by atoms with van der Waals surface area (Å²) in [6.07, 6.45) is 6.41. The molecule has 2 aromatic carbocycles. The van der Waals surface area contributed by atoms with Crippen LogP contribution in [0.1, 0.15) is 63.4 Å². The number of benzene rings is 2. The van der Waals surface area contributed by atoms with Crippen molar-refractivity contribution in [2.24, 2.45) is 0 Å². The van der Waals surface area contributed by atoms with Crippen LogP contribution in [-0.4, -0.2) is 46.6 Å². The summed E-state index contributed by atoms with van der Waals surface area (Å²) in [5.41, 5.74) is 1.92. The number of nitrogens with zero attached hydrogens (tertiary/aromatic N) is 3. The number of aromatic nitrogens is 2. The first-order chi connectivity index (χ1) is 17.6. The van der Waals surface area contributed by atoms with Gasteiger partial charge in [0.05, 0.1) is 13.0 Å². The molecule has 0 saturated heterocycles. The second kappa shape index (κ2) is 12.6. The van der Waals surface area contributed by atoms with E-state index in [1.54, 1.807) is 7.11 Å². The van der Waals surface area contributed by atoms with E-state index in [9.17, 15) is 9.59 Å². The van der Waals surface area contributed by atoms with E-state index in [0.29, 0.717) is 16.7 Å². The van der Waals surface area contributed by atoms with Gasteiger partial charge in [0.1, 0.15) is 10.8 Å². The smallest absolute Gasteiger partial charge is 0.230 e. The molecule has 0 unspecified atom stereocenters. The van der Waals surface area contributed by atoms with Crippen molar-refractivity contribution in [3.05, 3.63) is 60.2 Å². The van der Waals surface area contributed by atoms with Crippen LogP contribution >= 0.6 is 11.3 Å². The number of carbonyl (C=O) groups excluding carboxylic acids is 2. The van der Waals surface area contributed by atoms with Crippen LogP contribution in [0.25, 0.3) is 10.6 Å². The van der Waals surface area contributed by atoms with Gasteiger partial charge in [0.2, 0.25) is 16.9 Å². The molecule has 1 atom stereocenters. The molecule has 1 aliphatic carbocycles. The Morgan fingerprint density at radius 2 is 1.86 bits per heavy atom. The molecule has 1 N–H and O–H groups in total. The van der Waals surface area contributed by atoms with Gasteiger partial charge in [-0.3, -0.25) is 9.59 Å². The molecule has 4 rings (SSSR count). The highest BCUT2D eigenvalue weighted by Gasteiger charge is 2.31. The molecule has 1 heterocycles. The van der Waals surface area contributed by atoms with Crippen LogP contribution in [-0.2, 0) is 9.59 Å². The molecule has 0 radical (unpaired) electrons. The molecule has 0 spiro atoms. The molecule has 8 heteroatoms. The lowest BCUT2D eigenvalue weighted by Gasteiger charge is -2.36. The third-order valence-corrected chi connectivity index (χ3v) is 7.66. The summed E-state index contributed by atoms with van der Waals surface area (Å²) in [5.74, 6) is 0.510. The Labute approximate surface area is 216 Å². The molecule has 190 valence electrons. The van der Waals surface area contributed by atoms with Crippen LogP contribution in [0.2, 0.25) is 0 Å². The van der Waals surface area contributed by atoms with Crippen molar-refractivity contribution in [1.82, 2.24) is 15.1 Å². The molecule has 1 aliphatic rings. The molecule has 7 nitrogen and oxygen atoms in total. The van der Waals surface area contributed by atoms with Gasteiger partial charge in [0.25, 0.3) is 0 Å². The Hall–Kier alpha value is -3.26. The van der Waals surface area contributed by atoms with Crippen molar-refractivity contribution < 1.29 is 14.3 Å². The number of nitrogens with one attached hydrogen (secondary N) is 1. The summed E-state index contributed by atoms with van der Waals surface area (Å²) in [6, 6.07) is 17.7. The molecule has 3 aromatic rings. The van der Waals surface area contributed by atoms with Crippen molar-refractivity contribution >= 4 is 28.3 Å². The second-order valence-corrected chi connectivity index (χ2v) is 10.1. The minimum absolute atomic E-state index is 0.125. The second-order valence-electron chi connectivity index (χ2n) is 9.14. The van der Waals surface area contributed by atoms with Crippen LogP contribution in [0.15, 0.2) is 54.6 Å². The van der Waals surface area contributed by atoms with Crippen LogP contribution in [0.3, 0.4) is 0 Å². The number of methoxy groups -OCH3 is 1. The Morgan fingerprint density at radius 1 is 1.08 bits per heavy atom. The minimum Gasteiger partial charge on any atom is -0.497 e. The third-order valence-electron chi connectivity index (χ3n) is 6.77. The fourth-order valence-corrected chi connectivity index (χ4v) is 5.61. The summed E-state index contributed by atoms with van der Waals surface area (Å²) < 4.78 is 5.28. The summed E-state index contributed by atoms with van der Waals surface area (Å²) >= 11 is 1.32. The SMILES string of the molecule is CC[C@H](C(=O)N(CCC(=O)Nc1nnc(-c2cccc(OC)c2)s1)C1CCCCC1)c1ccccc1. The average molecular weight is 507 g/mol. The largest absolute Gasteiger partial charge is 0.497 e. The van der Waals surface area contributed by atoms with E-state index in [1.165, 1.54) is 17.8 Å². The Morgan fingerprint density at radius 3 is 2.58 bits per heavy atom. The van der Waals surface area contributed by atoms with Gasteiger partial charge in [-0.05, 0) is 37.0 Å². The lowest BCUT2D eigenvalue weighted by Crippen LogP contribution is -2.45. The Balaban J connectivity index is 1.41. The van der Waals surface area contributed by atoms with Crippen molar-refractivity contribution in [1.29, 1.82) is 0 Å². The molecule has 1 aromatic heterocycles. The zero-order valence-corrected chi connectivity index (χ0v) is 21.8. The number of hydrogen-bond acceptors (Lipinski definition) is 6. The number of amides is 2. The minimum atomic E-state index is -0.190. The lowest BCUT2D eigenvalue weighted by atomic mass is 9.90. The fraction of sp³-hybridized carbons (Fsp3) is 0.429. The predicted molar refractivity (Wildman–Crippen MR) is 143 cm³/mol. The van der Waals surface area contributed by atoms with Crippen LogP contribution in [0, 0.1) is 0 Å². The predicted octanol–water partition coefficient (Wildman–Crippen LogP) is 5.90. The third kappa shape index (κ3) is 6.49. The van der Waals surface area contributed by atoms with Gasteiger partial charge in [-0.25, -0.2) is 0 Å². The van der Waals surface area contributed by atoms with Gasteiger partial charge < -0.3 is 15.0 Å². The highest BCUT2D eigenvalue weighted by molar-refractivity contribution is 7.18. The van der Waals surface area contributed by atoms with Gasteiger partial charge in [-0.2, -0.15) is 0 Å². The molecule has 1 fully saturated rings. The maximum Gasteiger partial charge on any atom is 0.230 e. The molecule has 0 bridgehead atoms. The van der Waals surface area contributed by atoms with Crippen molar-refractivity contribution in [2.45, 2.75) is 63.8 Å². The van der Waals surface area contributed by atoms with Crippen molar-refractivity contribution in [3.8, 4) is 16.3 Å². The molecular weight excluding hydrogens is 472 g/mol. The van der Waals surface area contributed by atoms with Crippen molar-refractivity contribution in [2.75, 3.05) is 19.0 Å². The average Bonchev–Trinajstić information content (AvgIpc) is 3.39. The van der Waals surface area contributed by atoms with E-state index in [-0.39, 0.29) is 30.2 Å². The summed E-state index contributed by atoms with van der Waals surface area (Å²) in [5, 5.41) is 12.4.